The number of carbonyl (C=O) groups is 1. The van der Waals surface area contributed by atoms with E-state index in [1.807, 2.05) is 26.2 Å². The molecular weight excluding hydrogens is 344 g/mol. The van der Waals surface area contributed by atoms with Gasteiger partial charge in [-0.1, -0.05) is 18.0 Å². The van der Waals surface area contributed by atoms with E-state index in [-0.39, 0.29) is 11.9 Å². The number of pyridine rings is 1. The molecule has 0 atom stereocenters. The lowest BCUT2D eigenvalue weighted by atomic mass is 10.2. The van der Waals surface area contributed by atoms with Gasteiger partial charge in [0.1, 0.15) is 5.52 Å². The average molecular weight is 368 g/mol. The van der Waals surface area contributed by atoms with Crippen LogP contribution in [0.25, 0.3) is 11.2 Å². The minimum absolute atomic E-state index is 0.0111. The zero-order valence-electron chi connectivity index (χ0n) is 15.9. The molecule has 3 aromatic rings. The molecular formula is C19H24N6O2. The van der Waals surface area contributed by atoms with Crippen molar-refractivity contribution in [3.63, 3.8) is 0 Å². The summed E-state index contributed by atoms with van der Waals surface area (Å²) in [7, 11) is 0. The zero-order chi connectivity index (χ0) is 19.0. The van der Waals surface area contributed by atoms with Crippen molar-refractivity contribution in [2.45, 2.75) is 65.1 Å². The molecule has 142 valence electrons. The molecule has 8 nitrogen and oxygen atoms in total. The van der Waals surface area contributed by atoms with Crippen molar-refractivity contribution in [2.75, 3.05) is 0 Å². The van der Waals surface area contributed by atoms with Gasteiger partial charge in [-0.2, -0.15) is 4.98 Å². The Kier molecular flexibility index (Phi) is 4.63. The highest BCUT2D eigenvalue weighted by atomic mass is 16.5. The van der Waals surface area contributed by atoms with Gasteiger partial charge in [-0.15, -0.1) is 0 Å². The van der Waals surface area contributed by atoms with Crippen molar-refractivity contribution in [3.8, 4) is 0 Å². The van der Waals surface area contributed by atoms with Crippen LogP contribution in [0.2, 0.25) is 0 Å². The molecule has 0 saturated heterocycles. The van der Waals surface area contributed by atoms with E-state index in [4.69, 9.17) is 4.52 Å². The molecule has 3 aromatic heterocycles. The third kappa shape index (κ3) is 3.43. The Bertz CT molecular complexity index is 954. The number of nitrogens with zero attached hydrogens (tertiary/aromatic N) is 6. The Morgan fingerprint density at radius 2 is 2.11 bits per heavy atom. The first-order valence-electron chi connectivity index (χ1n) is 9.45. The van der Waals surface area contributed by atoms with E-state index in [0.717, 1.165) is 11.2 Å². The molecule has 3 heterocycles. The van der Waals surface area contributed by atoms with Crippen LogP contribution in [0.15, 0.2) is 23.1 Å². The fourth-order valence-electron chi connectivity index (χ4n) is 3.70. The first-order chi connectivity index (χ1) is 13.0. The molecule has 1 fully saturated rings. The van der Waals surface area contributed by atoms with Gasteiger partial charge in [-0.3, -0.25) is 4.79 Å². The van der Waals surface area contributed by atoms with Gasteiger partial charge in [0, 0.05) is 25.2 Å². The second-order valence-electron chi connectivity index (χ2n) is 7.41. The van der Waals surface area contributed by atoms with Crippen LogP contribution < -0.4 is 0 Å². The van der Waals surface area contributed by atoms with Crippen molar-refractivity contribution >= 4 is 17.1 Å². The van der Waals surface area contributed by atoms with Crippen LogP contribution in [0.5, 0.6) is 0 Å². The van der Waals surface area contributed by atoms with E-state index in [1.54, 1.807) is 18.0 Å². The molecule has 1 amide bonds. The number of aryl methyl sites for hydroxylation is 1. The van der Waals surface area contributed by atoms with Crippen LogP contribution >= 0.6 is 0 Å². The van der Waals surface area contributed by atoms with Crippen molar-refractivity contribution < 1.29 is 9.32 Å². The van der Waals surface area contributed by atoms with Gasteiger partial charge in [0.05, 0.1) is 18.4 Å². The monoisotopic (exact) mass is 368 g/mol. The minimum atomic E-state index is -0.114. The predicted octanol–water partition coefficient (Wildman–Crippen LogP) is 3.29. The first kappa shape index (κ1) is 17.6. The van der Waals surface area contributed by atoms with Crippen LogP contribution in [0.3, 0.4) is 0 Å². The van der Waals surface area contributed by atoms with Crippen LogP contribution in [-0.2, 0) is 6.54 Å². The fraction of sp³-hybridized carbons (Fsp3) is 0.526. The van der Waals surface area contributed by atoms with Crippen LogP contribution in [0.1, 0.15) is 67.6 Å². The lowest BCUT2D eigenvalue weighted by Crippen LogP contribution is -2.36. The third-order valence-electron chi connectivity index (χ3n) is 5.14. The number of rotatable bonds is 5. The molecule has 0 aromatic carbocycles. The fourth-order valence-corrected chi connectivity index (χ4v) is 3.70. The van der Waals surface area contributed by atoms with Gasteiger partial charge >= 0.3 is 0 Å². The minimum Gasteiger partial charge on any atom is -0.340 e. The second kappa shape index (κ2) is 7.09. The predicted molar refractivity (Wildman–Crippen MR) is 99.1 cm³/mol. The molecule has 27 heavy (non-hydrogen) atoms. The number of hydrogen-bond acceptors (Lipinski definition) is 6. The molecule has 1 aliphatic carbocycles. The summed E-state index contributed by atoms with van der Waals surface area (Å²) in [6.07, 6.45) is 8.33. The average Bonchev–Trinajstić information content (AvgIpc) is 3.38. The first-order valence-corrected chi connectivity index (χ1v) is 9.45. The molecule has 4 rings (SSSR count). The summed E-state index contributed by atoms with van der Waals surface area (Å²) < 4.78 is 7.17. The van der Waals surface area contributed by atoms with Crippen molar-refractivity contribution in [2.24, 2.45) is 0 Å². The Morgan fingerprint density at radius 3 is 2.78 bits per heavy atom. The normalized spacial score (nSPS) is 15.1. The topological polar surface area (TPSA) is 89.9 Å². The summed E-state index contributed by atoms with van der Waals surface area (Å²) in [6, 6.07) is 2.29. The number of imidazole rings is 1. The van der Waals surface area contributed by atoms with Crippen LogP contribution in [0, 0.1) is 6.92 Å². The van der Waals surface area contributed by atoms with E-state index < -0.39 is 0 Å². The van der Waals surface area contributed by atoms with E-state index in [2.05, 4.69) is 24.7 Å². The molecule has 0 radical (unpaired) electrons. The molecule has 0 bridgehead atoms. The Hall–Kier alpha value is -2.77. The summed E-state index contributed by atoms with van der Waals surface area (Å²) in [5, 5.41) is 3.90. The lowest BCUT2D eigenvalue weighted by molar-refractivity contribution is 0.0683. The van der Waals surface area contributed by atoms with E-state index in [0.29, 0.717) is 29.9 Å². The molecule has 0 unspecified atom stereocenters. The largest absolute Gasteiger partial charge is 0.340 e. The lowest BCUT2D eigenvalue weighted by Gasteiger charge is -2.25. The maximum Gasteiger partial charge on any atom is 0.256 e. The maximum absolute atomic E-state index is 13.1. The zero-order valence-corrected chi connectivity index (χ0v) is 15.9. The quantitative estimate of drug-likeness (QED) is 0.686. The molecule has 1 aliphatic rings. The molecule has 0 N–H and O–H groups in total. The Balaban J connectivity index is 1.60. The van der Waals surface area contributed by atoms with Crippen molar-refractivity contribution in [1.82, 2.24) is 29.6 Å². The van der Waals surface area contributed by atoms with Crippen molar-refractivity contribution in [1.29, 1.82) is 0 Å². The number of hydrogen-bond donors (Lipinski definition) is 0. The van der Waals surface area contributed by atoms with E-state index in [9.17, 15) is 4.79 Å². The van der Waals surface area contributed by atoms with E-state index in [1.165, 1.54) is 25.7 Å². The standard InChI is InChI=1S/C19H24N6O2/c1-12(2)24(10-17-22-13(3)27-23-17)19(26)14-8-16-18(20-9-14)25(11-21-16)15-6-4-5-7-15/h8-9,11-12,15H,4-7,10H2,1-3H3. The van der Waals surface area contributed by atoms with Gasteiger partial charge in [0.25, 0.3) is 5.91 Å². The van der Waals surface area contributed by atoms with E-state index >= 15 is 0 Å². The summed E-state index contributed by atoms with van der Waals surface area (Å²) >= 11 is 0. The smallest absolute Gasteiger partial charge is 0.256 e. The summed E-state index contributed by atoms with van der Waals surface area (Å²) in [5.74, 6) is 0.869. The highest BCUT2D eigenvalue weighted by Gasteiger charge is 2.24. The number of fused-ring (bicyclic) bond motifs is 1. The maximum atomic E-state index is 13.1. The SMILES string of the molecule is Cc1nc(CN(C(=O)c2cnc3c(c2)ncn3C2CCCC2)C(C)C)no1. The molecule has 1 saturated carbocycles. The molecule has 8 heteroatoms. The highest BCUT2D eigenvalue weighted by molar-refractivity contribution is 5.96. The second-order valence-corrected chi connectivity index (χ2v) is 7.41. The summed E-state index contributed by atoms with van der Waals surface area (Å²) in [5.41, 5.74) is 2.13. The van der Waals surface area contributed by atoms with Crippen LogP contribution in [0.4, 0.5) is 0 Å². The number of carbonyl (C=O) groups excluding carboxylic acids is 1. The van der Waals surface area contributed by atoms with Gasteiger partial charge in [0.15, 0.2) is 11.5 Å². The van der Waals surface area contributed by atoms with Crippen LogP contribution in [-0.4, -0.2) is 41.5 Å². The summed E-state index contributed by atoms with van der Waals surface area (Å²) in [6.45, 7) is 5.95. The third-order valence-corrected chi connectivity index (χ3v) is 5.14. The summed E-state index contributed by atoms with van der Waals surface area (Å²) in [4.78, 5) is 28.0. The highest BCUT2D eigenvalue weighted by Crippen LogP contribution is 2.31. The van der Waals surface area contributed by atoms with Gasteiger partial charge in [0.2, 0.25) is 5.89 Å². The van der Waals surface area contributed by atoms with Crippen molar-refractivity contribution in [3.05, 3.63) is 35.9 Å². The van der Waals surface area contributed by atoms with Gasteiger partial charge in [-0.25, -0.2) is 9.97 Å². The molecule has 0 spiro atoms. The Labute approximate surface area is 157 Å². The number of aromatic nitrogens is 5. The number of amides is 1. The Morgan fingerprint density at radius 1 is 1.33 bits per heavy atom. The van der Waals surface area contributed by atoms with Gasteiger partial charge in [-0.05, 0) is 32.8 Å². The van der Waals surface area contributed by atoms with Gasteiger partial charge < -0.3 is 14.0 Å². The molecule has 0 aliphatic heterocycles.